The van der Waals surface area contributed by atoms with Crippen molar-refractivity contribution in [2.45, 2.75) is 71.8 Å². The van der Waals surface area contributed by atoms with Crippen molar-refractivity contribution < 1.29 is 23.9 Å². The van der Waals surface area contributed by atoms with E-state index in [1.54, 1.807) is 4.90 Å². The van der Waals surface area contributed by atoms with Gasteiger partial charge in [-0.2, -0.15) is 0 Å². The molecule has 1 aromatic carbocycles. The van der Waals surface area contributed by atoms with E-state index in [4.69, 9.17) is 9.47 Å². The fourth-order valence-corrected chi connectivity index (χ4v) is 3.17. The van der Waals surface area contributed by atoms with Crippen molar-refractivity contribution in [3.8, 4) is 0 Å². The first-order valence-electron chi connectivity index (χ1n) is 10.8. The Morgan fingerprint density at radius 2 is 1.84 bits per heavy atom. The van der Waals surface area contributed by atoms with Crippen molar-refractivity contribution >= 4 is 18.1 Å². The lowest BCUT2D eigenvalue weighted by molar-refractivity contribution is -0.124. The number of alkyl carbamates (subject to hydrolysis) is 1. The van der Waals surface area contributed by atoms with Gasteiger partial charge in [0.05, 0.1) is 6.04 Å². The Balaban J connectivity index is 1.83. The summed E-state index contributed by atoms with van der Waals surface area (Å²) in [6, 6.07) is 8.53. The molecule has 1 fully saturated rings. The molecule has 1 aromatic rings. The lowest BCUT2D eigenvalue weighted by atomic mass is 10.0. The SMILES string of the molecule is CC(C)CC(NC(=O)OCc1ccccc1)C(=O)NCC1CCN1C(=O)OC(C)(C)C. The van der Waals surface area contributed by atoms with Crippen LogP contribution in [0.5, 0.6) is 0 Å². The number of nitrogens with zero attached hydrogens (tertiary/aromatic N) is 1. The van der Waals surface area contributed by atoms with Gasteiger partial charge in [0.1, 0.15) is 18.2 Å². The Hall–Kier alpha value is -2.77. The second kappa shape index (κ2) is 11.0. The highest BCUT2D eigenvalue weighted by Crippen LogP contribution is 2.20. The van der Waals surface area contributed by atoms with E-state index in [0.717, 1.165) is 12.0 Å². The molecule has 2 atom stereocenters. The van der Waals surface area contributed by atoms with Crippen LogP contribution in [0, 0.1) is 5.92 Å². The fraction of sp³-hybridized carbons (Fsp3) is 0.609. The summed E-state index contributed by atoms with van der Waals surface area (Å²) in [5.74, 6) is -0.0893. The van der Waals surface area contributed by atoms with Gasteiger partial charge in [0.25, 0.3) is 0 Å². The standard InChI is InChI=1S/C23H35N3O5/c1-16(2)13-19(25-21(28)30-15-17-9-7-6-8-10-17)20(27)24-14-18-11-12-26(18)22(29)31-23(3,4)5/h6-10,16,18-19H,11-15H2,1-5H3,(H,24,27)(H,25,28). The van der Waals surface area contributed by atoms with Crippen molar-refractivity contribution in [3.05, 3.63) is 35.9 Å². The van der Waals surface area contributed by atoms with E-state index >= 15 is 0 Å². The van der Waals surface area contributed by atoms with Crippen LogP contribution in [0.1, 0.15) is 53.0 Å². The molecule has 2 N–H and O–H groups in total. The molecule has 0 bridgehead atoms. The zero-order valence-electron chi connectivity index (χ0n) is 19.1. The van der Waals surface area contributed by atoms with Gasteiger partial charge >= 0.3 is 12.2 Å². The summed E-state index contributed by atoms with van der Waals surface area (Å²) in [6.07, 6.45) is 0.260. The lowest BCUT2D eigenvalue weighted by Crippen LogP contribution is -2.58. The van der Waals surface area contributed by atoms with Crippen molar-refractivity contribution in [1.82, 2.24) is 15.5 Å². The molecule has 31 heavy (non-hydrogen) atoms. The zero-order valence-corrected chi connectivity index (χ0v) is 19.1. The van der Waals surface area contributed by atoms with Gasteiger partial charge in [-0.1, -0.05) is 44.2 Å². The maximum Gasteiger partial charge on any atom is 0.410 e. The van der Waals surface area contributed by atoms with Crippen molar-refractivity contribution in [2.24, 2.45) is 5.92 Å². The molecule has 0 aromatic heterocycles. The van der Waals surface area contributed by atoms with Crippen LogP contribution in [0.2, 0.25) is 0 Å². The monoisotopic (exact) mass is 433 g/mol. The molecular weight excluding hydrogens is 398 g/mol. The molecule has 8 nitrogen and oxygen atoms in total. The zero-order chi connectivity index (χ0) is 23.0. The van der Waals surface area contributed by atoms with Gasteiger partial charge < -0.3 is 25.0 Å². The summed E-state index contributed by atoms with van der Waals surface area (Å²) in [5, 5.41) is 5.52. The van der Waals surface area contributed by atoms with E-state index in [-0.39, 0.29) is 30.6 Å². The normalized spacial score (nSPS) is 16.8. The molecule has 2 rings (SSSR count). The van der Waals surface area contributed by atoms with Crippen LogP contribution in [0.4, 0.5) is 9.59 Å². The van der Waals surface area contributed by atoms with E-state index in [2.05, 4.69) is 10.6 Å². The highest BCUT2D eigenvalue weighted by molar-refractivity contribution is 5.85. The van der Waals surface area contributed by atoms with E-state index in [9.17, 15) is 14.4 Å². The highest BCUT2D eigenvalue weighted by Gasteiger charge is 2.35. The minimum Gasteiger partial charge on any atom is -0.445 e. The third kappa shape index (κ3) is 8.47. The molecule has 172 valence electrons. The predicted octanol–water partition coefficient (Wildman–Crippen LogP) is 3.45. The van der Waals surface area contributed by atoms with Crippen molar-refractivity contribution in [1.29, 1.82) is 0 Å². The van der Waals surface area contributed by atoms with Gasteiger partial charge in [-0.3, -0.25) is 4.79 Å². The first-order valence-corrected chi connectivity index (χ1v) is 10.8. The molecule has 8 heteroatoms. The van der Waals surface area contributed by atoms with Gasteiger partial charge in [0.15, 0.2) is 0 Å². The Labute approximate surface area is 184 Å². The van der Waals surface area contributed by atoms with Gasteiger partial charge in [-0.15, -0.1) is 0 Å². The number of carbonyl (C=O) groups excluding carboxylic acids is 3. The predicted molar refractivity (Wildman–Crippen MR) is 117 cm³/mol. The summed E-state index contributed by atoms with van der Waals surface area (Å²) in [4.78, 5) is 38.8. The molecule has 0 saturated carbocycles. The molecule has 1 aliphatic rings. The number of ether oxygens (including phenoxy) is 2. The number of nitrogens with one attached hydrogen (secondary N) is 2. The summed E-state index contributed by atoms with van der Waals surface area (Å²) in [7, 11) is 0. The number of hydrogen-bond donors (Lipinski definition) is 2. The average Bonchev–Trinajstić information content (AvgIpc) is 2.64. The molecule has 1 saturated heterocycles. The third-order valence-corrected chi connectivity index (χ3v) is 4.81. The number of rotatable bonds is 8. The molecule has 3 amide bonds. The maximum atomic E-state index is 12.7. The summed E-state index contributed by atoms with van der Waals surface area (Å²) in [5.41, 5.74) is 0.307. The molecule has 1 heterocycles. The minimum absolute atomic E-state index is 0.108. The maximum absolute atomic E-state index is 12.7. The van der Waals surface area contributed by atoms with Crippen LogP contribution in [-0.2, 0) is 20.9 Å². The Morgan fingerprint density at radius 3 is 2.39 bits per heavy atom. The Bertz CT molecular complexity index is 745. The Morgan fingerprint density at radius 1 is 1.16 bits per heavy atom. The van der Waals surface area contributed by atoms with Crippen LogP contribution >= 0.6 is 0 Å². The fourth-order valence-electron chi connectivity index (χ4n) is 3.17. The van der Waals surface area contributed by atoms with Crippen LogP contribution < -0.4 is 10.6 Å². The van der Waals surface area contributed by atoms with Gasteiger partial charge in [-0.05, 0) is 45.1 Å². The minimum atomic E-state index is -0.710. The van der Waals surface area contributed by atoms with E-state index in [0.29, 0.717) is 19.5 Å². The lowest BCUT2D eigenvalue weighted by Gasteiger charge is -2.41. The van der Waals surface area contributed by atoms with Gasteiger partial charge in [-0.25, -0.2) is 9.59 Å². The summed E-state index contributed by atoms with van der Waals surface area (Å²) in [6.45, 7) is 10.5. The first kappa shape index (κ1) is 24.5. The Kier molecular flexibility index (Phi) is 8.71. The van der Waals surface area contributed by atoms with Crippen LogP contribution in [0.15, 0.2) is 30.3 Å². The number of likely N-dealkylation sites (tertiary alicyclic amines) is 1. The topological polar surface area (TPSA) is 97.0 Å². The number of benzene rings is 1. The second-order valence-electron chi connectivity index (χ2n) is 9.25. The number of hydrogen-bond acceptors (Lipinski definition) is 5. The highest BCUT2D eigenvalue weighted by atomic mass is 16.6. The van der Waals surface area contributed by atoms with Crippen LogP contribution in [-0.4, -0.2) is 53.8 Å². The molecule has 1 aliphatic heterocycles. The van der Waals surface area contributed by atoms with E-state index in [1.807, 2.05) is 65.0 Å². The number of amides is 3. The molecule has 0 radical (unpaired) electrons. The average molecular weight is 434 g/mol. The third-order valence-electron chi connectivity index (χ3n) is 4.81. The van der Waals surface area contributed by atoms with Crippen molar-refractivity contribution in [2.75, 3.05) is 13.1 Å². The summed E-state index contributed by atoms with van der Waals surface area (Å²) < 4.78 is 10.6. The summed E-state index contributed by atoms with van der Waals surface area (Å²) >= 11 is 0. The second-order valence-corrected chi connectivity index (χ2v) is 9.25. The van der Waals surface area contributed by atoms with Crippen LogP contribution in [0.3, 0.4) is 0 Å². The molecule has 2 unspecified atom stereocenters. The van der Waals surface area contributed by atoms with Crippen molar-refractivity contribution in [3.63, 3.8) is 0 Å². The first-order chi connectivity index (χ1) is 14.5. The van der Waals surface area contributed by atoms with Gasteiger partial charge in [0, 0.05) is 13.1 Å². The molecule has 0 spiro atoms. The smallest absolute Gasteiger partial charge is 0.410 e. The molecule has 0 aliphatic carbocycles. The molecular formula is C23H35N3O5. The van der Waals surface area contributed by atoms with Gasteiger partial charge in [0.2, 0.25) is 5.91 Å². The quantitative estimate of drug-likeness (QED) is 0.654. The number of carbonyl (C=O) groups is 3. The van der Waals surface area contributed by atoms with E-state index < -0.39 is 17.7 Å². The van der Waals surface area contributed by atoms with E-state index in [1.165, 1.54) is 0 Å². The largest absolute Gasteiger partial charge is 0.445 e. The van der Waals surface area contributed by atoms with Crippen LogP contribution in [0.25, 0.3) is 0 Å².